The fourth-order valence-electron chi connectivity index (χ4n) is 3.68. The zero-order valence-electron chi connectivity index (χ0n) is 16.3. The molecule has 8 heteroatoms. The van der Waals surface area contributed by atoms with Gasteiger partial charge in [0.15, 0.2) is 5.71 Å². The first-order chi connectivity index (χ1) is 13.7. The number of hydrogen-bond acceptors (Lipinski definition) is 5. The third-order valence-corrected chi connectivity index (χ3v) is 5.14. The van der Waals surface area contributed by atoms with Gasteiger partial charge in [-0.15, -0.1) is 0 Å². The summed E-state index contributed by atoms with van der Waals surface area (Å²) in [6, 6.07) is -0.744. The lowest BCUT2D eigenvalue weighted by Crippen LogP contribution is -2.45. The monoisotopic (exact) mass is 410 g/mol. The van der Waals surface area contributed by atoms with Gasteiger partial charge in [0.05, 0.1) is 24.2 Å². The highest BCUT2D eigenvalue weighted by atomic mass is 19.4. The highest BCUT2D eigenvalue weighted by Gasteiger charge is 2.51. The van der Waals surface area contributed by atoms with Gasteiger partial charge in [-0.2, -0.15) is 18.3 Å². The maximum Gasteiger partial charge on any atom is 0.431 e. The number of hydrogen-bond donors (Lipinski definition) is 2. The number of aliphatic hydroxyl groups is 1. The van der Waals surface area contributed by atoms with Crippen LogP contribution >= 0.6 is 0 Å². The molecule has 3 aliphatic rings. The molecule has 0 bridgehead atoms. The molecular weight excluding hydrogens is 385 g/mol. The summed E-state index contributed by atoms with van der Waals surface area (Å²) < 4.78 is 51.6. The Morgan fingerprint density at radius 2 is 2.10 bits per heavy atom. The molecular formula is C21H25F3N2O3. The summed E-state index contributed by atoms with van der Waals surface area (Å²) in [5.74, 6) is -1.17. The van der Waals surface area contributed by atoms with Gasteiger partial charge in [0.25, 0.3) is 0 Å². The van der Waals surface area contributed by atoms with Crippen molar-refractivity contribution in [2.75, 3.05) is 13.7 Å². The van der Waals surface area contributed by atoms with Crippen LogP contribution in [0.5, 0.6) is 0 Å². The number of ether oxygens (including phenoxy) is 2. The Labute approximate surface area is 168 Å². The van der Waals surface area contributed by atoms with Crippen LogP contribution in [0.2, 0.25) is 0 Å². The van der Waals surface area contributed by atoms with Crippen molar-refractivity contribution in [3.63, 3.8) is 0 Å². The summed E-state index contributed by atoms with van der Waals surface area (Å²) in [7, 11) is 1.55. The second-order valence-corrected chi connectivity index (χ2v) is 7.44. The van der Waals surface area contributed by atoms with E-state index >= 15 is 0 Å². The first-order valence-electron chi connectivity index (χ1n) is 9.37. The SMILES string of the molecule is C=C(C)COC1=CC(O)C(C2NN=C(C(F)(F)F)C2C2=CCC(OC)C=C2)C=C1. The molecule has 0 aromatic carbocycles. The third-order valence-electron chi connectivity index (χ3n) is 5.14. The van der Waals surface area contributed by atoms with E-state index in [1.807, 2.05) is 6.92 Å². The average Bonchev–Trinajstić information content (AvgIpc) is 3.11. The zero-order chi connectivity index (χ0) is 21.2. The van der Waals surface area contributed by atoms with Gasteiger partial charge in [-0.1, -0.05) is 30.9 Å². The summed E-state index contributed by atoms with van der Waals surface area (Å²) in [5.41, 5.74) is 3.07. The Kier molecular flexibility index (Phi) is 6.33. The molecule has 0 amide bonds. The number of rotatable bonds is 6. The van der Waals surface area contributed by atoms with Gasteiger partial charge in [-0.3, -0.25) is 0 Å². The van der Waals surface area contributed by atoms with E-state index in [0.29, 0.717) is 24.4 Å². The van der Waals surface area contributed by atoms with E-state index < -0.39 is 35.9 Å². The summed E-state index contributed by atoms with van der Waals surface area (Å²) in [6.07, 6.45) is 4.72. The molecule has 5 atom stereocenters. The van der Waals surface area contributed by atoms with Gasteiger partial charge in [-0.05, 0) is 36.6 Å². The van der Waals surface area contributed by atoms with Crippen molar-refractivity contribution < 1.29 is 27.8 Å². The van der Waals surface area contributed by atoms with Crippen LogP contribution in [-0.2, 0) is 9.47 Å². The normalized spacial score (nSPS) is 31.7. The molecule has 29 heavy (non-hydrogen) atoms. The molecule has 1 heterocycles. The summed E-state index contributed by atoms with van der Waals surface area (Å²) in [6.45, 7) is 5.87. The largest absolute Gasteiger partial charge is 0.490 e. The summed E-state index contributed by atoms with van der Waals surface area (Å²) >= 11 is 0. The molecule has 2 N–H and O–H groups in total. The number of hydrazone groups is 1. The van der Waals surface area contributed by atoms with Gasteiger partial charge in [0.1, 0.15) is 12.4 Å². The van der Waals surface area contributed by atoms with Gasteiger partial charge >= 0.3 is 6.18 Å². The minimum atomic E-state index is -4.58. The minimum Gasteiger partial charge on any atom is -0.490 e. The zero-order valence-corrected chi connectivity index (χ0v) is 16.3. The highest BCUT2D eigenvalue weighted by molar-refractivity contribution is 5.96. The number of nitrogens with one attached hydrogen (secondary N) is 1. The number of aliphatic hydroxyl groups excluding tert-OH is 1. The van der Waals surface area contributed by atoms with E-state index in [9.17, 15) is 18.3 Å². The summed E-state index contributed by atoms with van der Waals surface area (Å²) in [4.78, 5) is 0. The van der Waals surface area contributed by atoms with Crippen LogP contribution in [0.1, 0.15) is 13.3 Å². The second-order valence-electron chi connectivity index (χ2n) is 7.44. The fourth-order valence-corrected chi connectivity index (χ4v) is 3.68. The van der Waals surface area contributed by atoms with E-state index in [0.717, 1.165) is 5.57 Å². The van der Waals surface area contributed by atoms with Crippen molar-refractivity contribution in [1.82, 2.24) is 5.43 Å². The molecule has 2 aliphatic carbocycles. The lowest BCUT2D eigenvalue weighted by Gasteiger charge is -2.32. The standard InChI is InChI=1S/C21H25F3N2O3/c1-12(2)11-29-15-8-9-16(17(27)10-15)19-18(20(26-25-19)21(22,23)24)13-4-6-14(28-3)7-5-13/h4-6,8-10,14,16-19,25,27H,1,7,11H2,2-3H3. The quantitative estimate of drug-likeness (QED) is 0.659. The molecule has 0 radical (unpaired) electrons. The highest BCUT2D eigenvalue weighted by Crippen LogP contribution is 2.38. The van der Waals surface area contributed by atoms with Crippen molar-refractivity contribution >= 4 is 5.71 Å². The fraction of sp³-hybridized carbons (Fsp3) is 0.476. The van der Waals surface area contributed by atoms with Crippen molar-refractivity contribution in [2.45, 2.75) is 37.8 Å². The molecule has 0 saturated carbocycles. The van der Waals surface area contributed by atoms with Gasteiger partial charge in [0, 0.05) is 13.0 Å². The van der Waals surface area contributed by atoms with Gasteiger partial charge in [-0.25, -0.2) is 0 Å². The van der Waals surface area contributed by atoms with Crippen LogP contribution in [0.25, 0.3) is 0 Å². The predicted molar refractivity (Wildman–Crippen MR) is 104 cm³/mol. The Balaban J connectivity index is 1.82. The third kappa shape index (κ3) is 4.82. The molecule has 3 rings (SSSR count). The van der Waals surface area contributed by atoms with Crippen LogP contribution in [0, 0.1) is 11.8 Å². The molecule has 0 fully saturated rings. The maximum atomic E-state index is 13.6. The first kappa shape index (κ1) is 21.4. The van der Waals surface area contributed by atoms with E-state index in [-0.39, 0.29) is 6.10 Å². The van der Waals surface area contributed by atoms with Crippen molar-refractivity contribution in [3.8, 4) is 0 Å². The predicted octanol–water partition coefficient (Wildman–Crippen LogP) is 3.42. The van der Waals surface area contributed by atoms with Crippen molar-refractivity contribution in [2.24, 2.45) is 16.9 Å². The molecule has 1 aliphatic heterocycles. The minimum absolute atomic E-state index is 0.158. The topological polar surface area (TPSA) is 63.1 Å². The number of methoxy groups -OCH3 is 1. The van der Waals surface area contributed by atoms with Crippen LogP contribution in [0.3, 0.4) is 0 Å². The number of nitrogens with zero attached hydrogens (tertiary/aromatic N) is 1. The summed E-state index contributed by atoms with van der Waals surface area (Å²) in [5, 5.41) is 14.2. The van der Waals surface area contributed by atoms with Crippen LogP contribution < -0.4 is 5.43 Å². The van der Waals surface area contributed by atoms with E-state index in [1.165, 1.54) is 6.08 Å². The number of allylic oxidation sites excluding steroid dienone is 2. The van der Waals surface area contributed by atoms with E-state index in [4.69, 9.17) is 9.47 Å². The molecule has 0 aromatic heterocycles. The number of alkyl halides is 3. The molecule has 0 saturated heterocycles. The van der Waals surface area contributed by atoms with Crippen LogP contribution in [0.4, 0.5) is 13.2 Å². The number of halogens is 3. The molecule has 0 spiro atoms. The molecule has 158 valence electrons. The average molecular weight is 410 g/mol. The van der Waals surface area contributed by atoms with Crippen LogP contribution in [0.15, 0.2) is 65.0 Å². The Morgan fingerprint density at radius 3 is 2.66 bits per heavy atom. The lowest BCUT2D eigenvalue weighted by atomic mass is 9.76. The molecule has 5 unspecified atom stereocenters. The molecule has 5 nitrogen and oxygen atoms in total. The van der Waals surface area contributed by atoms with Crippen molar-refractivity contribution in [1.29, 1.82) is 0 Å². The lowest BCUT2D eigenvalue weighted by molar-refractivity contribution is -0.0619. The Hall–Kier alpha value is -2.32. The second kappa shape index (κ2) is 8.59. The maximum absolute atomic E-state index is 13.6. The molecule has 0 aromatic rings. The Bertz CT molecular complexity index is 795. The first-order valence-corrected chi connectivity index (χ1v) is 9.37. The van der Waals surface area contributed by atoms with Crippen molar-refractivity contribution in [3.05, 3.63) is 59.9 Å². The van der Waals surface area contributed by atoms with Crippen LogP contribution in [-0.4, -0.2) is 49.0 Å². The van der Waals surface area contributed by atoms with E-state index in [2.05, 4.69) is 17.1 Å². The smallest absolute Gasteiger partial charge is 0.431 e. The van der Waals surface area contributed by atoms with Gasteiger partial charge in [0.2, 0.25) is 0 Å². The Morgan fingerprint density at radius 1 is 1.34 bits per heavy atom. The van der Waals surface area contributed by atoms with Gasteiger partial charge < -0.3 is 20.0 Å². The van der Waals surface area contributed by atoms with E-state index in [1.54, 1.807) is 37.5 Å².